The molecule has 4 nitrogen and oxygen atoms in total. The Morgan fingerprint density at radius 3 is 3.17 bits per heavy atom. The molecule has 1 unspecified atom stereocenters. The zero-order chi connectivity index (χ0) is 8.97. The standard InChI is InChI=1S/C8H17N3O/c1-7-6-11(8(12)5-9)4-2-3-10-7/h7,10H,2-6,9H2,1H3. The third kappa shape index (κ3) is 2.46. The monoisotopic (exact) mass is 171 g/mol. The fourth-order valence-corrected chi connectivity index (χ4v) is 1.46. The number of rotatable bonds is 1. The van der Waals surface area contributed by atoms with Crippen molar-refractivity contribution in [3.63, 3.8) is 0 Å². The molecule has 1 heterocycles. The van der Waals surface area contributed by atoms with Gasteiger partial charge in [-0.05, 0) is 19.9 Å². The van der Waals surface area contributed by atoms with Crippen molar-refractivity contribution in [3.8, 4) is 0 Å². The maximum absolute atomic E-state index is 11.2. The van der Waals surface area contributed by atoms with E-state index in [0.717, 1.165) is 26.1 Å². The lowest BCUT2D eigenvalue weighted by Gasteiger charge is -2.21. The predicted molar refractivity (Wildman–Crippen MR) is 47.7 cm³/mol. The first-order valence-corrected chi connectivity index (χ1v) is 4.45. The van der Waals surface area contributed by atoms with Crippen LogP contribution >= 0.6 is 0 Å². The van der Waals surface area contributed by atoms with E-state index in [2.05, 4.69) is 12.2 Å². The topological polar surface area (TPSA) is 58.4 Å². The minimum absolute atomic E-state index is 0.0607. The molecule has 0 aromatic rings. The van der Waals surface area contributed by atoms with Crippen molar-refractivity contribution in [1.82, 2.24) is 10.2 Å². The number of hydrogen-bond acceptors (Lipinski definition) is 3. The summed E-state index contributed by atoms with van der Waals surface area (Å²) in [5, 5.41) is 3.32. The molecule has 0 aliphatic carbocycles. The molecule has 1 amide bonds. The van der Waals surface area contributed by atoms with Gasteiger partial charge in [-0.15, -0.1) is 0 Å². The molecule has 0 radical (unpaired) electrons. The molecule has 0 bridgehead atoms. The fraction of sp³-hybridized carbons (Fsp3) is 0.875. The lowest BCUT2D eigenvalue weighted by atomic mass is 10.3. The number of nitrogens with zero attached hydrogens (tertiary/aromatic N) is 1. The molecule has 12 heavy (non-hydrogen) atoms. The summed E-state index contributed by atoms with van der Waals surface area (Å²) in [5.74, 6) is 0.0607. The second-order valence-corrected chi connectivity index (χ2v) is 3.25. The van der Waals surface area contributed by atoms with Gasteiger partial charge in [-0.25, -0.2) is 0 Å². The van der Waals surface area contributed by atoms with Crippen molar-refractivity contribution in [2.24, 2.45) is 5.73 Å². The summed E-state index contributed by atoms with van der Waals surface area (Å²) in [4.78, 5) is 13.1. The summed E-state index contributed by atoms with van der Waals surface area (Å²) in [7, 11) is 0. The Hall–Kier alpha value is -0.610. The summed E-state index contributed by atoms with van der Waals surface area (Å²) in [6, 6.07) is 0.392. The van der Waals surface area contributed by atoms with Crippen LogP contribution in [0.15, 0.2) is 0 Å². The number of nitrogens with two attached hydrogens (primary N) is 1. The highest BCUT2D eigenvalue weighted by Gasteiger charge is 2.17. The lowest BCUT2D eigenvalue weighted by molar-refractivity contribution is -0.129. The van der Waals surface area contributed by atoms with E-state index in [0.29, 0.717) is 6.04 Å². The average molecular weight is 171 g/mol. The number of hydrogen-bond donors (Lipinski definition) is 2. The molecule has 1 aliphatic heterocycles. The molecule has 1 rings (SSSR count). The largest absolute Gasteiger partial charge is 0.340 e. The zero-order valence-corrected chi connectivity index (χ0v) is 7.55. The van der Waals surface area contributed by atoms with E-state index in [1.807, 2.05) is 4.90 Å². The first kappa shape index (κ1) is 9.48. The second kappa shape index (κ2) is 4.42. The van der Waals surface area contributed by atoms with Crippen LogP contribution in [-0.4, -0.2) is 43.0 Å². The van der Waals surface area contributed by atoms with Crippen LogP contribution in [0.2, 0.25) is 0 Å². The van der Waals surface area contributed by atoms with Crippen LogP contribution < -0.4 is 11.1 Å². The van der Waals surface area contributed by atoms with Crippen molar-refractivity contribution in [2.75, 3.05) is 26.2 Å². The molecule has 3 N–H and O–H groups in total. The Balaban J connectivity index is 2.46. The molecule has 0 spiro atoms. The summed E-state index contributed by atoms with van der Waals surface area (Å²) in [5.41, 5.74) is 5.29. The Bertz CT molecular complexity index is 160. The minimum atomic E-state index is 0.0607. The second-order valence-electron chi connectivity index (χ2n) is 3.25. The van der Waals surface area contributed by atoms with Gasteiger partial charge in [-0.3, -0.25) is 4.79 Å². The van der Waals surface area contributed by atoms with Crippen molar-refractivity contribution in [3.05, 3.63) is 0 Å². The normalized spacial score (nSPS) is 25.2. The van der Waals surface area contributed by atoms with Crippen LogP contribution in [-0.2, 0) is 4.79 Å². The van der Waals surface area contributed by atoms with Gasteiger partial charge < -0.3 is 16.0 Å². The quantitative estimate of drug-likeness (QED) is 0.540. The maximum atomic E-state index is 11.2. The lowest BCUT2D eigenvalue weighted by Crippen LogP contribution is -2.41. The van der Waals surface area contributed by atoms with Crippen molar-refractivity contribution in [1.29, 1.82) is 0 Å². The van der Waals surface area contributed by atoms with E-state index >= 15 is 0 Å². The van der Waals surface area contributed by atoms with Crippen LogP contribution in [0.4, 0.5) is 0 Å². The zero-order valence-electron chi connectivity index (χ0n) is 7.55. The van der Waals surface area contributed by atoms with Crippen molar-refractivity contribution < 1.29 is 4.79 Å². The average Bonchev–Trinajstić information content (AvgIpc) is 2.28. The van der Waals surface area contributed by atoms with Crippen LogP contribution in [0.1, 0.15) is 13.3 Å². The molecule has 70 valence electrons. The summed E-state index contributed by atoms with van der Waals surface area (Å²) >= 11 is 0. The van der Waals surface area contributed by atoms with E-state index in [1.54, 1.807) is 0 Å². The summed E-state index contributed by atoms with van der Waals surface area (Å²) < 4.78 is 0. The highest BCUT2D eigenvalue weighted by atomic mass is 16.2. The van der Waals surface area contributed by atoms with Crippen molar-refractivity contribution in [2.45, 2.75) is 19.4 Å². The minimum Gasteiger partial charge on any atom is -0.340 e. The van der Waals surface area contributed by atoms with Crippen LogP contribution in [0.5, 0.6) is 0 Å². The molecule has 1 fully saturated rings. The number of carbonyl (C=O) groups is 1. The molecule has 0 saturated carbocycles. The first-order valence-electron chi connectivity index (χ1n) is 4.45. The van der Waals surface area contributed by atoms with Gasteiger partial charge in [-0.1, -0.05) is 0 Å². The third-order valence-electron chi connectivity index (χ3n) is 2.12. The van der Waals surface area contributed by atoms with E-state index in [1.165, 1.54) is 0 Å². The SMILES string of the molecule is CC1CN(C(=O)CN)CCCN1. The first-order chi connectivity index (χ1) is 5.74. The van der Waals surface area contributed by atoms with Gasteiger partial charge in [-0.2, -0.15) is 0 Å². The van der Waals surface area contributed by atoms with E-state index < -0.39 is 0 Å². The molecule has 0 aromatic carbocycles. The van der Waals surface area contributed by atoms with Crippen LogP contribution in [0, 0.1) is 0 Å². The molecule has 4 heteroatoms. The molecule has 0 aromatic heterocycles. The van der Waals surface area contributed by atoms with Crippen LogP contribution in [0.3, 0.4) is 0 Å². The van der Waals surface area contributed by atoms with Gasteiger partial charge in [0.25, 0.3) is 0 Å². The van der Waals surface area contributed by atoms with E-state index in [-0.39, 0.29) is 12.5 Å². The maximum Gasteiger partial charge on any atom is 0.236 e. The highest BCUT2D eigenvalue weighted by molar-refractivity contribution is 5.78. The van der Waals surface area contributed by atoms with E-state index in [9.17, 15) is 4.79 Å². The Kier molecular flexibility index (Phi) is 3.49. The third-order valence-corrected chi connectivity index (χ3v) is 2.12. The molecular weight excluding hydrogens is 154 g/mol. The van der Waals surface area contributed by atoms with Crippen LogP contribution in [0.25, 0.3) is 0 Å². The van der Waals surface area contributed by atoms with Crippen molar-refractivity contribution >= 4 is 5.91 Å². The van der Waals surface area contributed by atoms with Gasteiger partial charge in [0.1, 0.15) is 0 Å². The summed E-state index contributed by atoms with van der Waals surface area (Å²) in [6.45, 7) is 4.84. The van der Waals surface area contributed by atoms with Gasteiger partial charge in [0.15, 0.2) is 0 Å². The van der Waals surface area contributed by atoms with E-state index in [4.69, 9.17) is 5.73 Å². The number of carbonyl (C=O) groups excluding carboxylic acids is 1. The predicted octanol–water partition coefficient (Wildman–Crippen LogP) is -0.844. The fourth-order valence-electron chi connectivity index (χ4n) is 1.46. The molecule has 1 saturated heterocycles. The Morgan fingerprint density at radius 1 is 1.75 bits per heavy atom. The van der Waals surface area contributed by atoms with Gasteiger partial charge in [0, 0.05) is 19.1 Å². The Labute approximate surface area is 73.1 Å². The van der Waals surface area contributed by atoms with Gasteiger partial charge in [0.2, 0.25) is 5.91 Å². The Morgan fingerprint density at radius 2 is 2.50 bits per heavy atom. The highest BCUT2D eigenvalue weighted by Crippen LogP contribution is 1.99. The van der Waals surface area contributed by atoms with Gasteiger partial charge in [0.05, 0.1) is 6.54 Å². The molecule has 1 atom stereocenters. The number of amides is 1. The molecular formula is C8H17N3O. The van der Waals surface area contributed by atoms with Gasteiger partial charge >= 0.3 is 0 Å². The number of nitrogens with one attached hydrogen (secondary N) is 1. The molecule has 1 aliphatic rings. The smallest absolute Gasteiger partial charge is 0.236 e. The summed E-state index contributed by atoms with van der Waals surface area (Å²) in [6.07, 6.45) is 1.02.